The van der Waals surface area contributed by atoms with Crippen molar-refractivity contribution in [3.05, 3.63) is 38.4 Å². The van der Waals surface area contributed by atoms with E-state index in [1.165, 1.54) is 17.4 Å². The minimum Gasteiger partial charge on any atom is -0.477 e. The van der Waals surface area contributed by atoms with Gasteiger partial charge in [-0.2, -0.15) is 0 Å². The van der Waals surface area contributed by atoms with E-state index in [0.717, 1.165) is 6.54 Å². The first-order valence-electron chi connectivity index (χ1n) is 9.86. The molecule has 32 heavy (non-hydrogen) atoms. The zero-order chi connectivity index (χ0) is 22.0. The molecule has 5 rings (SSSR count). The van der Waals surface area contributed by atoms with Crippen molar-refractivity contribution >= 4 is 62.0 Å². The number of methoxy groups -OCH3 is 1. The van der Waals surface area contributed by atoms with Gasteiger partial charge in [-0.15, -0.1) is 23.7 Å². The van der Waals surface area contributed by atoms with Gasteiger partial charge in [-0.25, -0.2) is 9.18 Å². The Balaban J connectivity index is 0.00000245. The highest BCUT2D eigenvalue weighted by atomic mass is 35.5. The zero-order valence-corrected chi connectivity index (χ0v) is 19.3. The number of carboxylic acid groups (broad SMARTS) is 1. The molecule has 4 aromatic rings. The molecule has 1 aliphatic rings. The normalized spacial score (nSPS) is 18.3. The number of hydrogen-bond acceptors (Lipinski definition) is 7. The van der Waals surface area contributed by atoms with Gasteiger partial charge in [0, 0.05) is 39.2 Å². The molecule has 1 aromatic carbocycles. The largest absolute Gasteiger partial charge is 0.477 e. The number of thiazole rings is 1. The first-order valence-corrected chi connectivity index (χ1v) is 10.7. The standard InChI is InChI=1S/C21H21FN4O4S.ClH/c1-23-16-13-9-31-20-15(21(28)29)19(27)11-6-12(22)18(14(16)17(11)26(13)20)25-5-4-24(2)10(7-25)8-30-3;/h6,9-10H,4-5,7-8H2,1-3H3,(H,28,29);1H. The number of nitrogens with zero attached hydrogens (tertiary/aromatic N) is 4. The van der Waals surface area contributed by atoms with E-state index in [4.69, 9.17) is 4.74 Å². The number of anilines is 1. The van der Waals surface area contributed by atoms with Crippen molar-refractivity contribution in [1.29, 1.82) is 0 Å². The smallest absolute Gasteiger partial charge is 0.342 e. The van der Waals surface area contributed by atoms with Gasteiger partial charge in [-0.05, 0) is 13.1 Å². The number of carbonyl (C=O) groups is 1. The van der Waals surface area contributed by atoms with Crippen LogP contribution in [0.15, 0.2) is 21.2 Å². The second-order valence-corrected chi connectivity index (χ2v) is 8.72. The molecule has 170 valence electrons. The maximum Gasteiger partial charge on any atom is 0.342 e. The van der Waals surface area contributed by atoms with Crippen LogP contribution in [0.2, 0.25) is 0 Å². The van der Waals surface area contributed by atoms with Crippen LogP contribution in [0, 0.1) is 5.82 Å². The molecule has 1 N–H and O–H groups in total. The lowest BCUT2D eigenvalue weighted by atomic mass is 10.0. The van der Waals surface area contributed by atoms with E-state index in [1.807, 2.05) is 11.9 Å². The van der Waals surface area contributed by atoms with Gasteiger partial charge in [0.2, 0.25) is 5.43 Å². The van der Waals surface area contributed by atoms with Crippen LogP contribution < -0.4 is 15.7 Å². The van der Waals surface area contributed by atoms with Crippen LogP contribution in [0.3, 0.4) is 0 Å². The Labute approximate surface area is 192 Å². The Bertz CT molecular complexity index is 1450. The van der Waals surface area contributed by atoms with Gasteiger partial charge in [0.15, 0.2) is 0 Å². The van der Waals surface area contributed by atoms with Crippen molar-refractivity contribution in [2.24, 2.45) is 4.99 Å². The average molecular weight is 481 g/mol. The molecule has 4 heterocycles. The summed E-state index contributed by atoms with van der Waals surface area (Å²) in [5, 5.41) is 12.6. The highest BCUT2D eigenvalue weighted by molar-refractivity contribution is 7.16. The Morgan fingerprint density at radius 3 is 2.81 bits per heavy atom. The Hall–Kier alpha value is -2.53. The molecular weight excluding hydrogens is 459 g/mol. The molecule has 0 bridgehead atoms. The predicted molar refractivity (Wildman–Crippen MR) is 125 cm³/mol. The highest BCUT2D eigenvalue weighted by Crippen LogP contribution is 2.37. The maximum absolute atomic E-state index is 15.6. The first-order chi connectivity index (χ1) is 14.9. The summed E-state index contributed by atoms with van der Waals surface area (Å²) < 4.78 is 22.7. The molecule has 0 radical (unpaired) electrons. The van der Waals surface area contributed by atoms with Crippen LogP contribution in [0.1, 0.15) is 10.4 Å². The predicted octanol–water partition coefficient (Wildman–Crippen LogP) is 2.10. The number of benzene rings is 1. The monoisotopic (exact) mass is 480 g/mol. The van der Waals surface area contributed by atoms with E-state index in [2.05, 4.69) is 9.89 Å². The SMILES string of the molecule is CN=c1c2c(N3CCN(C)C(COC)C3)c(F)cc3c(=O)c(C(=O)O)c4scc1n4c32.Cl. The number of aromatic carboxylic acids is 1. The van der Waals surface area contributed by atoms with Crippen molar-refractivity contribution in [3.63, 3.8) is 0 Å². The van der Waals surface area contributed by atoms with Crippen LogP contribution in [0.5, 0.6) is 0 Å². The summed E-state index contributed by atoms with van der Waals surface area (Å²) in [6.45, 7) is 2.43. The molecule has 0 amide bonds. The van der Waals surface area contributed by atoms with Gasteiger partial charge < -0.3 is 14.7 Å². The number of hydrogen-bond donors (Lipinski definition) is 1. The van der Waals surface area contributed by atoms with Gasteiger partial charge in [0.1, 0.15) is 16.2 Å². The molecule has 3 aromatic heterocycles. The number of piperazine rings is 1. The molecule has 1 aliphatic heterocycles. The number of aromatic nitrogens is 1. The summed E-state index contributed by atoms with van der Waals surface area (Å²) in [6.07, 6.45) is 0. The number of carboxylic acids is 1. The zero-order valence-electron chi connectivity index (χ0n) is 17.7. The molecule has 11 heteroatoms. The molecule has 0 saturated carbocycles. The van der Waals surface area contributed by atoms with E-state index < -0.39 is 17.2 Å². The van der Waals surface area contributed by atoms with E-state index in [0.29, 0.717) is 52.0 Å². The van der Waals surface area contributed by atoms with Gasteiger partial charge in [0.05, 0.1) is 45.5 Å². The lowest BCUT2D eigenvalue weighted by Gasteiger charge is -2.40. The Morgan fingerprint density at radius 1 is 1.41 bits per heavy atom. The summed E-state index contributed by atoms with van der Waals surface area (Å²) in [7, 11) is 5.29. The van der Waals surface area contributed by atoms with Crippen molar-refractivity contribution in [2.45, 2.75) is 6.04 Å². The first kappa shape index (κ1) is 22.7. The number of rotatable bonds is 4. The number of ether oxygens (including phenoxy) is 1. The Kier molecular flexibility index (Phi) is 5.74. The summed E-state index contributed by atoms with van der Waals surface area (Å²) in [5.41, 5.74) is 0.606. The van der Waals surface area contributed by atoms with Crippen molar-refractivity contribution in [1.82, 2.24) is 9.30 Å². The lowest BCUT2D eigenvalue weighted by molar-refractivity contribution is 0.0697. The van der Waals surface area contributed by atoms with Gasteiger partial charge in [-0.3, -0.25) is 19.1 Å². The number of pyridine rings is 1. The summed E-state index contributed by atoms with van der Waals surface area (Å²) in [6, 6.07) is 1.27. The fraction of sp³-hybridized carbons (Fsp3) is 0.381. The molecule has 0 aliphatic carbocycles. The minimum atomic E-state index is -1.32. The second kappa shape index (κ2) is 8.11. The fourth-order valence-corrected chi connectivity index (χ4v) is 5.78. The molecule has 8 nitrogen and oxygen atoms in total. The Morgan fingerprint density at radius 2 is 2.16 bits per heavy atom. The number of halogens is 2. The topological polar surface area (TPSA) is 86.8 Å². The van der Waals surface area contributed by atoms with Gasteiger partial charge >= 0.3 is 5.97 Å². The van der Waals surface area contributed by atoms with Gasteiger partial charge in [-0.1, -0.05) is 0 Å². The third kappa shape index (κ3) is 2.97. The second-order valence-electron chi connectivity index (χ2n) is 7.86. The van der Waals surface area contributed by atoms with Crippen molar-refractivity contribution in [3.8, 4) is 0 Å². The van der Waals surface area contributed by atoms with E-state index in [1.54, 1.807) is 23.9 Å². The summed E-state index contributed by atoms with van der Waals surface area (Å²) >= 11 is 1.19. The molecule has 1 atom stereocenters. The van der Waals surface area contributed by atoms with Crippen molar-refractivity contribution < 1.29 is 19.0 Å². The van der Waals surface area contributed by atoms with Crippen LogP contribution in [-0.2, 0) is 4.74 Å². The van der Waals surface area contributed by atoms with Gasteiger partial charge in [0.25, 0.3) is 0 Å². The maximum atomic E-state index is 15.6. The fourth-order valence-electron chi connectivity index (χ4n) is 4.75. The average Bonchev–Trinajstić information content (AvgIpc) is 3.28. The summed E-state index contributed by atoms with van der Waals surface area (Å²) in [4.78, 5) is 33.8. The highest BCUT2D eigenvalue weighted by Gasteiger charge is 2.32. The quantitative estimate of drug-likeness (QED) is 0.481. The van der Waals surface area contributed by atoms with E-state index in [9.17, 15) is 14.7 Å². The molecule has 1 fully saturated rings. The number of likely N-dealkylation sites (N-methyl/N-ethyl adjacent to an activating group) is 1. The molecule has 1 saturated heterocycles. The molecule has 0 spiro atoms. The van der Waals surface area contributed by atoms with E-state index >= 15 is 4.39 Å². The van der Waals surface area contributed by atoms with Crippen molar-refractivity contribution in [2.75, 3.05) is 52.3 Å². The lowest BCUT2D eigenvalue weighted by Crippen LogP contribution is -2.53. The minimum absolute atomic E-state index is 0. The van der Waals surface area contributed by atoms with Crippen LogP contribution >= 0.6 is 23.7 Å². The third-order valence-electron chi connectivity index (χ3n) is 6.23. The molecular formula is C21H22ClFN4O4S. The van der Waals surface area contributed by atoms with E-state index in [-0.39, 0.29) is 29.4 Å². The van der Waals surface area contributed by atoms with Crippen LogP contribution in [0.4, 0.5) is 10.1 Å². The summed E-state index contributed by atoms with van der Waals surface area (Å²) in [5.74, 6) is -1.87. The third-order valence-corrected chi connectivity index (χ3v) is 7.18. The van der Waals surface area contributed by atoms with Crippen LogP contribution in [0.25, 0.3) is 26.6 Å². The van der Waals surface area contributed by atoms with Crippen LogP contribution in [-0.4, -0.2) is 73.9 Å². The molecule has 1 unspecified atom stereocenters.